The van der Waals surface area contributed by atoms with E-state index in [-0.39, 0.29) is 5.91 Å². The van der Waals surface area contributed by atoms with Crippen LogP contribution in [0.15, 0.2) is 23.1 Å². The van der Waals surface area contributed by atoms with Crippen molar-refractivity contribution in [2.75, 3.05) is 11.1 Å². The topological polar surface area (TPSA) is 67.4 Å². The van der Waals surface area contributed by atoms with Crippen LogP contribution in [0.3, 0.4) is 0 Å². The number of fused-ring (bicyclic) bond motifs is 1. The van der Waals surface area contributed by atoms with Crippen LogP contribution in [0.2, 0.25) is 0 Å². The average molecular weight is 420 g/mol. The Morgan fingerprint density at radius 3 is 2.86 bits per heavy atom. The Morgan fingerprint density at radius 2 is 2.19 bits per heavy atom. The van der Waals surface area contributed by atoms with Crippen LogP contribution in [0.1, 0.15) is 20.8 Å². The third-order valence-electron chi connectivity index (χ3n) is 2.64. The van der Waals surface area contributed by atoms with Gasteiger partial charge in [0.25, 0.3) is 0 Å². The van der Waals surface area contributed by atoms with Crippen LogP contribution in [0.25, 0.3) is 0 Å². The lowest BCUT2D eigenvalue weighted by molar-refractivity contribution is -0.117. The molecule has 1 atom stereocenters. The van der Waals surface area contributed by atoms with Gasteiger partial charge in [-0.25, -0.2) is 4.79 Å². The Morgan fingerprint density at radius 1 is 1.48 bits per heavy atom. The summed E-state index contributed by atoms with van der Waals surface area (Å²) in [6.07, 6.45) is -0.580. The van der Waals surface area contributed by atoms with Gasteiger partial charge in [-0.05, 0) is 55.5 Å². The van der Waals surface area contributed by atoms with E-state index >= 15 is 0 Å². The minimum absolute atomic E-state index is 0.226. The number of rotatable bonds is 1. The summed E-state index contributed by atoms with van der Waals surface area (Å²) in [6, 6.07) is 5.22. The first-order valence-electron chi connectivity index (χ1n) is 6.48. The first-order chi connectivity index (χ1) is 9.76. The number of hydrogen-bond donors (Lipinski definition) is 2. The molecule has 114 valence electrons. The van der Waals surface area contributed by atoms with Crippen molar-refractivity contribution in [2.45, 2.75) is 37.3 Å². The molecule has 0 bridgehead atoms. The molecule has 2 rings (SSSR count). The molecule has 1 aromatic rings. The number of alkyl carbamates (subject to hydrolysis) is 1. The van der Waals surface area contributed by atoms with E-state index in [1.165, 1.54) is 11.8 Å². The molecule has 7 heteroatoms. The summed E-state index contributed by atoms with van der Waals surface area (Å²) in [6.45, 7) is 5.35. The van der Waals surface area contributed by atoms with Crippen molar-refractivity contribution in [3.8, 4) is 0 Å². The molecule has 2 N–H and O–H groups in total. The summed E-state index contributed by atoms with van der Waals surface area (Å²) < 4.78 is 6.17. The summed E-state index contributed by atoms with van der Waals surface area (Å²) >= 11 is 3.72. The second-order valence-electron chi connectivity index (χ2n) is 5.61. The zero-order valence-corrected chi connectivity index (χ0v) is 15.0. The zero-order chi connectivity index (χ0) is 15.6. The molecule has 1 heterocycles. The quantitative estimate of drug-likeness (QED) is 0.685. The van der Waals surface area contributed by atoms with E-state index in [1.54, 1.807) is 20.8 Å². The molecule has 1 aliphatic heterocycles. The van der Waals surface area contributed by atoms with Crippen molar-refractivity contribution in [1.82, 2.24) is 5.32 Å². The summed E-state index contributed by atoms with van der Waals surface area (Å²) in [5.41, 5.74) is 0.220. The van der Waals surface area contributed by atoms with Crippen LogP contribution < -0.4 is 10.6 Å². The van der Waals surface area contributed by atoms with Crippen LogP contribution in [0.4, 0.5) is 10.5 Å². The molecular formula is C14H17IN2O3S. The minimum Gasteiger partial charge on any atom is -0.444 e. The lowest BCUT2D eigenvalue weighted by atomic mass is 10.2. The van der Waals surface area contributed by atoms with Crippen molar-refractivity contribution in [3.05, 3.63) is 21.8 Å². The van der Waals surface area contributed by atoms with E-state index in [4.69, 9.17) is 4.74 Å². The number of carbonyl (C=O) groups excluding carboxylic acids is 2. The molecule has 0 saturated carbocycles. The molecule has 1 aromatic carbocycles. The number of anilines is 1. The van der Waals surface area contributed by atoms with Crippen LogP contribution in [-0.4, -0.2) is 29.4 Å². The fraction of sp³-hybridized carbons (Fsp3) is 0.429. The van der Waals surface area contributed by atoms with E-state index in [0.717, 1.165) is 14.2 Å². The highest BCUT2D eigenvalue weighted by Crippen LogP contribution is 2.34. The second kappa shape index (κ2) is 6.43. The molecule has 0 aromatic heterocycles. The van der Waals surface area contributed by atoms with E-state index in [9.17, 15) is 9.59 Å². The summed E-state index contributed by atoms with van der Waals surface area (Å²) in [5, 5.41) is 5.49. The SMILES string of the molecule is CC(C)(C)OC(=O)N[C@H]1CSc2cccc(I)c2NC1=O. The monoisotopic (exact) mass is 420 g/mol. The maximum absolute atomic E-state index is 12.2. The third kappa shape index (κ3) is 4.50. The number of ether oxygens (including phenoxy) is 1. The fourth-order valence-electron chi connectivity index (χ4n) is 1.76. The molecule has 21 heavy (non-hydrogen) atoms. The van der Waals surface area contributed by atoms with Gasteiger partial charge < -0.3 is 15.4 Å². The van der Waals surface area contributed by atoms with Gasteiger partial charge in [-0.15, -0.1) is 11.8 Å². The maximum atomic E-state index is 12.2. The number of thioether (sulfide) groups is 1. The molecule has 2 amide bonds. The number of para-hydroxylation sites is 1. The minimum atomic E-state index is -0.618. The highest BCUT2D eigenvalue weighted by molar-refractivity contribution is 14.1. The van der Waals surface area contributed by atoms with E-state index in [0.29, 0.717) is 5.75 Å². The van der Waals surface area contributed by atoms with Gasteiger partial charge in [0.15, 0.2) is 0 Å². The Hall–Kier alpha value is -0.960. The molecule has 0 unspecified atom stereocenters. The van der Waals surface area contributed by atoms with Gasteiger partial charge in [0, 0.05) is 14.2 Å². The zero-order valence-electron chi connectivity index (χ0n) is 12.0. The number of nitrogens with one attached hydrogen (secondary N) is 2. The number of benzene rings is 1. The van der Waals surface area contributed by atoms with Crippen molar-refractivity contribution in [2.24, 2.45) is 0 Å². The molecule has 0 aliphatic carbocycles. The van der Waals surface area contributed by atoms with Crippen LogP contribution in [0.5, 0.6) is 0 Å². The van der Waals surface area contributed by atoms with Gasteiger partial charge in [0.1, 0.15) is 11.6 Å². The number of halogens is 1. The highest BCUT2D eigenvalue weighted by Gasteiger charge is 2.28. The standard InChI is InChI=1S/C14H17IN2O3S/c1-14(2,3)20-13(19)16-9-7-21-10-6-4-5-8(15)11(10)17-12(9)18/h4-6,9H,7H2,1-3H3,(H,16,19)(H,17,18)/t9-/m0/s1. The van der Waals surface area contributed by atoms with E-state index in [2.05, 4.69) is 33.2 Å². The Bertz CT molecular complexity index is 572. The van der Waals surface area contributed by atoms with E-state index < -0.39 is 17.7 Å². The molecule has 1 aliphatic rings. The van der Waals surface area contributed by atoms with Crippen LogP contribution >= 0.6 is 34.4 Å². The molecule has 0 radical (unpaired) electrons. The normalized spacial score (nSPS) is 18.3. The predicted octanol–water partition coefficient (Wildman–Crippen LogP) is 3.23. The largest absolute Gasteiger partial charge is 0.444 e. The second-order valence-corrected chi connectivity index (χ2v) is 7.84. The van der Waals surface area contributed by atoms with Gasteiger partial charge in [-0.1, -0.05) is 6.07 Å². The number of amides is 2. The maximum Gasteiger partial charge on any atom is 0.408 e. The van der Waals surface area contributed by atoms with Gasteiger partial charge in [0.05, 0.1) is 5.69 Å². The summed E-state index contributed by atoms with van der Waals surface area (Å²) in [5.74, 6) is 0.245. The fourth-order valence-corrected chi connectivity index (χ4v) is 3.64. The Balaban J connectivity index is 2.07. The first kappa shape index (κ1) is 16.4. The average Bonchev–Trinajstić information content (AvgIpc) is 2.49. The highest BCUT2D eigenvalue weighted by atomic mass is 127. The summed E-state index contributed by atoms with van der Waals surface area (Å²) in [4.78, 5) is 25.0. The summed E-state index contributed by atoms with van der Waals surface area (Å²) in [7, 11) is 0. The van der Waals surface area contributed by atoms with Crippen LogP contribution in [0, 0.1) is 3.57 Å². The lowest BCUT2D eigenvalue weighted by Crippen LogP contribution is -2.46. The molecular weight excluding hydrogens is 403 g/mol. The smallest absolute Gasteiger partial charge is 0.408 e. The van der Waals surface area contributed by atoms with E-state index in [1.807, 2.05) is 18.2 Å². The number of carbonyl (C=O) groups is 2. The van der Waals surface area contributed by atoms with Crippen molar-refractivity contribution >= 4 is 52.0 Å². The first-order valence-corrected chi connectivity index (χ1v) is 8.54. The third-order valence-corrected chi connectivity index (χ3v) is 4.69. The number of hydrogen-bond acceptors (Lipinski definition) is 4. The van der Waals surface area contributed by atoms with Gasteiger partial charge >= 0.3 is 6.09 Å². The molecule has 0 fully saturated rings. The Labute approximate surface area is 141 Å². The van der Waals surface area contributed by atoms with Crippen molar-refractivity contribution in [1.29, 1.82) is 0 Å². The molecule has 5 nitrogen and oxygen atoms in total. The van der Waals surface area contributed by atoms with Gasteiger partial charge in [-0.3, -0.25) is 4.79 Å². The molecule has 0 saturated heterocycles. The molecule has 0 spiro atoms. The lowest BCUT2D eigenvalue weighted by Gasteiger charge is -2.22. The predicted molar refractivity (Wildman–Crippen MR) is 91.7 cm³/mol. The Kier molecular flexibility index (Phi) is 5.03. The van der Waals surface area contributed by atoms with Crippen molar-refractivity contribution < 1.29 is 14.3 Å². The van der Waals surface area contributed by atoms with Crippen molar-refractivity contribution in [3.63, 3.8) is 0 Å². The van der Waals surface area contributed by atoms with Gasteiger partial charge in [-0.2, -0.15) is 0 Å². The van der Waals surface area contributed by atoms with Crippen LogP contribution in [-0.2, 0) is 9.53 Å². The van der Waals surface area contributed by atoms with Gasteiger partial charge in [0.2, 0.25) is 5.91 Å².